The lowest BCUT2D eigenvalue weighted by molar-refractivity contribution is -0.122. The summed E-state index contributed by atoms with van der Waals surface area (Å²) in [5.74, 6) is -3.27. The summed E-state index contributed by atoms with van der Waals surface area (Å²) in [5, 5.41) is 27.3. The van der Waals surface area contributed by atoms with E-state index in [4.69, 9.17) is 33.2 Å². The molecule has 0 radical (unpaired) electrons. The van der Waals surface area contributed by atoms with Crippen molar-refractivity contribution in [3.63, 3.8) is 0 Å². The fraction of sp³-hybridized carbons (Fsp3) is 0.464. The summed E-state index contributed by atoms with van der Waals surface area (Å²) in [5.41, 5.74) is 2.42. The predicted molar refractivity (Wildman–Crippen MR) is 389 cm³/mol. The van der Waals surface area contributed by atoms with Crippen LogP contribution in [0.4, 0.5) is 34.4 Å². The maximum absolute atomic E-state index is 13.4. The highest BCUT2D eigenvalue weighted by atomic mass is 16.6. The number of nitrogens with zero attached hydrogens (tertiary/aromatic N) is 10. The number of imidazole rings is 3. The lowest BCUT2D eigenvalue weighted by Crippen LogP contribution is -2.31. The van der Waals surface area contributed by atoms with Crippen molar-refractivity contribution >= 4 is 93.5 Å². The Kier molecular flexibility index (Phi) is 33.5. The molecule has 0 unspecified atom stereocenters. The van der Waals surface area contributed by atoms with Crippen LogP contribution in [0, 0.1) is 0 Å². The summed E-state index contributed by atoms with van der Waals surface area (Å²) in [4.78, 5) is 142. The van der Waals surface area contributed by atoms with Gasteiger partial charge in [0, 0.05) is 144 Å². The molecule has 6 aromatic heterocycles. The van der Waals surface area contributed by atoms with Crippen LogP contribution in [0.15, 0.2) is 85.8 Å². The fourth-order valence-electron chi connectivity index (χ4n) is 10.2. The molecular weight excluding hydrogens is 1380 g/mol. The van der Waals surface area contributed by atoms with E-state index in [2.05, 4.69) is 73.0 Å². The van der Waals surface area contributed by atoms with Crippen LogP contribution in [-0.2, 0) is 89.9 Å². The monoisotopic (exact) mass is 1480 g/mol. The summed E-state index contributed by atoms with van der Waals surface area (Å²) in [6, 6.07) is 11.6. The van der Waals surface area contributed by atoms with Gasteiger partial charge in [0.2, 0.25) is 35.3 Å². The highest BCUT2D eigenvalue weighted by Gasteiger charge is 2.23. The molecule has 106 heavy (non-hydrogen) atoms. The molecule has 6 heterocycles. The van der Waals surface area contributed by atoms with Crippen LogP contribution in [0.2, 0.25) is 0 Å². The van der Waals surface area contributed by atoms with Gasteiger partial charge in [-0.05, 0) is 75.4 Å². The SMILES string of the molecule is CC(=O)Nc1ccc(OCCOCCOCCOCCOCCOCCOCCC(=O)NCCCN(C)CCCNC(=O)c2cc(NC(=O)c3nc(NC(=O)CCNC(=O)c4cc(NC(=O)c5nc(NC(=O)CCNC(=O)c6cc(NC(=O)c7nccn7C)cn6C)cn5C)cn4C)cn3C)cn2C)cc1. The first-order chi connectivity index (χ1) is 51.0. The lowest BCUT2D eigenvalue weighted by atomic mass is 10.3. The van der Waals surface area contributed by atoms with Gasteiger partial charge in [0.15, 0.2) is 17.5 Å². The van der Waals surface area contributed by atoms with Crippen LogP contribution in [0.5, 0.6) is 5.75 Å². The predicted octanol–water partition coefficient (Wildman–Crippen LogP) is 2.26. The number of carbonyl (C=O) groups is 10. The zero-order valence-electron chi connectivity index (χ0n) is 61.0. The maximum Gasteiger partial charge on any atom is 0.291 e. The third kappa shape index (κ3) is 28.2. The molecule has 0 saturated carbocycles. The summed E-state index contributed by atoms with van der Waals surface area (Å²) < 4.78 is 47.7. The minimum Gasteiger partial charge on any atom is -0.491 e. The highest BCUT2D eigenvalue weighted by Crippen LogP contribution is 2.20. The van der Waals surface area contributed by atoms with E-state index in [1.54, 1.807) is 100 Å². The number of ether oxygens (including phenoxy) is 7. The van der Waals surface area contributed by atoms with Gasteiger partial charge in [-0.2, -0.15) is 0 Å². The molecule has 10 N–H and O–H groups in total. The standard InChI is InChI=1S/C69H96N20O17/c1-47(90)75-48-11-13-52(14-12-48)106-38-37-105-36-35-104-34-33-103-32-31-102-30-29-101-28-27-100-26-17-58(91)70-18-9-23-83(2)24-10-19-72-64(94)53-40-50(43-85(53)4)77-68(98)62-81-56(45-88(62)7)79-60(93)16-21-74-66(96)55-41-51(44-87(55)6)78-69(99)63-82-57(46-89(63)8)80-59(92)15-20-73-65(95)54-39-49(42-86(54)5)76-67(97)61-71-22-25-84(61)3/h11-14,22,25,39-46H,9-10,15-21,23-24,26-38H2,1-8H3,(H,70,91)(H,72,94)(H,73,95)(H,74,96)(H,75,90)(H,76,97)(H,77,98)(H,78,99)(H,79,93)(H,80,92). The second-order valence-corrected chi connectivity index (χ2v) is 24.2. The summed E-state index contributed by atoms with van der Waals surface area (Å²) in [6.45, 7) is 8.97. The molecule has 0 aliphatic carbocycles. The Hall–Kier alpha value is -11.1. The van der Waals surface area contributed by atoms with Gasteiger partial charge in [0.1, 0.15) is 29.4 Å². The first-order valence-electron chi connectivity index (χ1n) is 34.3. The number of benzene rings is 1. The number of anilines is 6. The van der Waals surface area contributed by atoms with Crippen molar-refractivity contribution in [1.29, 1.82) is 0 Å². The van der Waals surface area contributed by atoms with Crippen LogP contribution >= 0.6 is 0 Å². The molecule has 0 fully saturated rings. The topological polar surface area (TPSA) is 427 Å². The average Bonchev–Trinajstić information content (AvgIpc) is 1.60. The van der Waals surface area contributed by atoms with Gasteiger partial charge in [0.05, 0.1) is 96.3 Å². The van der Waals surface area contributed by atoms with Crippen LogP contribution in [-0.4, -0.2) is 239 Å². The Bertz CT molecular complexity index is 4060. The second kappa shape index (κ2) is 43.2. The molecule has 0 aliphatic heterocycles. The van der Waals surface area contributed by atoms with E-state index in [1.165, 1.54) is 62.1 Å². The van der Waals surface area contributed by atoms with Crippen molar-refractivity contribution in [3.8, 4) is 5.75 Å². The number of rotatable bonds is 48. The molecule has 1 aromatic carbocycles. The minimum absolute atomic E-state index is 0.0273. The molecule has 7 rings (SSSR count). The molecule has 0 saturated heterocycles. The van der Waals surface area contributed by atoms with Crippen molar-refractivity contribution in [3.05, 3.63) is 120 Å². The van der Waals surface area contributed by atoms with Crippen molar-refractivity contribution < 1.29 is 81.1 Å². The molecule has 37 heteroatoms. The van der Waals surface area contributed by atoms with E-state index in [9.17, 15) is 47.9 Å². The Morgan fingerprint density at radius 3 is 1.18 bits per heavy atom. The van der Waals surface area contributed by atoms with Gasteiger partial charge in [-0.25, -0.2) is 15.0 Å². The molecule has 7 aromatic rings. The Labute approximate surface area is 612 Å². The second-order valence-electron chi connectivity index (χ2n) is 24.2. The van der Waals surface area contributed by atoms with Crippen LogP contribution < -0.4 is 57.9 Å². The summed E-state index contributed by atoms with van der Waals surface area (Å²) in [7, 11) is 11.7. The quantitative estimate of drug-likeness (QED) is 0.0245. The number of hydrogen-bond donors (Lipinski definition) is 10. The van der Waals surface area contributed by atoms with Crippen molar-refractivity contribution in [2.75, 3.05) is 164 Å². The number of amides is 10. The lowest BCUT2D eigenvalue weighted by Gasteiger charge is -2.17. The number of hydrogen-bond acceptors (Lipinski definition) is 21. The van der Waals surface area contributed by atoms with E-state index in [0.29, 0.717) is 134 Å². The number of aromatic nitrogens is 9. The number of nitrogens with one attached hydrogen (secondary N) is 10. The van der Waals surface area contributed by atoms with Gasteiger partial charge < -0.3 is 119 Å². The van der Waals surface area contributed by atoms with E-state index < -0.39 is 41.4 Å². The molecule has 0 atom stereocenters. The molecule has 574 valence electrons. The van der Waals surface area contributed by atoms with Crippen LogP contribution in [0.1, 0.15) is 102 Å². The summed E-state index contributed by atoms with van der Waals surface area (Å²) in [6.07, 6.45) is 12.1. The number of carbonyl (C=O) groups excluding carboxylic acids is 10. The number of aryl methyl sites for hydroxylation is 6. The smallest absolute Gasteiger partial charge is 0.291 e. The van der Waals surface area contributed by atoms with Gasteiger partial charge in [-0.3, -0.25) is 47.9 Å². The van der Waals surface area contributed by atoms with Crippen LogP contribution in [0.25, 0.3) is 0 Å². The third-order valence-corrected chi connectivity index (χ3v) is 15.5. The molecule has 0 spiro atoms. The van der Waals surface area contributed by atoms with Crippen molar-refractivity contribution in [2.24, 2.45) is 42.3 Å². The average molecular weight is 1480 g/mol. The molecule has 0 bridgehead atoms. The van der Waals surface area contributed by atoms with Crippen molar-refractivity contribution in [2.45, 2.75) is 39.0 Å². The maximum atomic E-state index is 13.4. The summed E-state index contributed by atoms with van der Waals surface area (Å²) >= 11 is 0. The van der Waals surface area contributed by atoms with E-state index in [-0.39, 0.29) is 103 Å². The Morgan fingerprint density at radius 1 is 0.387 bits per heavy atom. The first-order valence-corrected chi connectivity index (χ1v) is 34.3. The minimum atomic E-state index is -0.641. The molecular formula is C69H96N20O17. The first kappa shape index (κ1) is 82.2. The zero-order chi connectivity index (χ0) is 76.3. The van der Waals surface area contributed by atoms with Gasteiger partial charge in [-0.15, -0.1) is 0 Å². The van der Waals surface area contributed by atoms with Gasteiger partial charge in [0.25, 0.3) is 35.4 Å². The Morgan fingerprint density at radius 2 is 0.774 bits per heavy atom. The van der Waals surface area contributed by atoms with E-state index in [1.807, 2.05) is 7.05 Å². The highest BCUT2D eigenvalue weighted by molar-refractivity contribution is 6.06. The normalized spacial score (nSPS) is 11.1. The third-order valence-electron chi connectivity index (χ3n) is 15.5. The molecule has 10 amide bonds. The zero-order valence-corrected chi connectivity index (χ0v) is 61.0. The fourth-order valence-corrected chi connectivity index (χ4v) is 10.2. The van der Waals surface area contributed by atoms with Crippen LogP contribution in [0.3, 0.4) is 0 Å². The largest absolute Gasteiger partial charge is 0.491 e. The van der Waals surface area contributed by atoms with E-state index >= 15 is 0 Å². The van der Waals surface area contributed by atoms with E-state index in [0.717, 1.165) is 13.0 Å². The Balaban J connectivity index is 0.661. The van der Waals surface area contributed by atoms with Crippen molar-refractivity contribution in [1.82, 2.24) is 68.5 Å². The molecule has 0 aliphatic rings. The van der Waals surface area contributed by atoms with Gasteiger partial charge >= 0.3 is 0 Å². The molecule has 37 nitrogen and oxygen atoms in total. The van der Waals surface area contributed by atoms with Gasteiger partial charge in [-0.1, -0.05) is 0 Å².